The van der Waals surface area contributed by atoms with Crippen LogP contribution in [-0.4, -0.2) is 41.0 Å². The molecule has 0 radical (unpaired) electrons. The molecule has 1 fully saturated rings. The molecule has 2 aromatic rings. The highest BCUT2D eigenvalue weighted by Crippen LogP contribution is 2.26. The second-order valence-corrected chi connectivity index (χ2v) is 5.53. The third-order valence-corrected chi connectivity index (χ3v) is 3.87. The predicted octanol–water partition coefficient (Wildman–Crippen LogP) is 1.82. The van der Waals surface area contributed by atoms with Crippen LogP contribution in [0.2, 0.25) is 0 Å². The van der Waals surface area contributed by atoms with Crippen LogP contribution in [0.15, 0.2) is 11.6 Å². The maximum absolute atomic E-state index is 11.3. The van der Waals surface area contributed by atoms with Crippen LogP contribution in [0.1, 0.15) is 24.3 Å². The number of imidazole rings is 1. The Morgan fingerprint density at radius 1 is 1.44 bits per heavy atom. The molecule has 0 aliphatic carbocycles. The molecule has 2 unspecified atom stereocenters. The highest BCUT2D eigenvalue weighted by atomic mass is 32.1. The Balaban J connectivity index is 2.02. The second-order valence-electron chi connectivity index (χ2n) is 4.66. The quantitative estimate of drug-likeness (QED) is 0.777. The standard InChI is InChI=1S/C12H15N3O2S/c1-8-5-14(6-9(2)17-8)11-10(7-16)15-3-4-18-12(15)13-11/h3-4,7-9H,5-6H2,1-2H3. The van der Waals surface area contributed by atoms with Crippen molar-refractivity contribution in [3.8, 4) is 0 Å². The molecule has 0 saturated carbocycles. The lowest BCUT2D eigenvalue weighted by Gasteiger charge is -2.35. The Bertz CT molecular complexity index is 567. The molecule has 0 aromatic carbocycles. The summed E-state index contributed by atoms with van der Waals surface area (Å²) in [4.78, 5) is 18.8. The fourth-order valence-corrected chi connectivity index (χ4v) is 3.20. The third-order valence-electron chi connectivity index (χ3n) is 3.11. The van der Waals surface area contributed by atoms with E-state index >= 15 is 0 Å². The van der Waals surface area contributed by atoms with Gasteiger partial charge in [-0.2, -0.15) is 0 Å². The third kappa shape index (κ3) is 1.81. The summed E-state index contributed by atoms with van der Waals surface area (Å²) in [7, 11) is 0. The number of thiazole rings is 1. The molecular formula is C12H15N3O2S. The lowest BCUT2D eigenvalue weighted by molar-refractivity contribution is -0.00547. The molecule has 1 aliphatic rings. The Labute approximate surface area is 109 Å². The van der Waals surface area contributed by atoms with E-state index in [0.29, 0.717) is 5.69 Å². The van der Waals surface area contributed by atoms with Gasteiger partial charge in [-0.3, -0.25) is 9.20 Å². The molecule has 0 spiro atoms. The maximum atomic E-state index is 11.3. The van der Waals surface area contributed by atoms with Gasteiger partial charge in [-0.15, -0.1) is 11.3 Å². The van der Waals surface area contributed by atoms with Crippen molar-refractivity contribution in [2.45, 2.75) is 26.1 Å². The number of fused-ring (bicyclic) bond motifs is 1. The van der Waals surface area contributed by atoms with Gasteiger partial charge >= 0.3 is 0 Å². The molecule has 18 heavy (non-hydrogen) atoms. The first-order chi connectivity index (χ1) is 8.69. The van der Waals surface area contributed by atoms with E-state index in [-0.39, 0.29) is 12.2 Å². The van der Waals surface area contributed by atoms with Gasteiger partial charge in [0.15, 0.2) is 17.1 Å². The van der Waals surface area contributed by atoms with E-state index in [0.717, 1.165) is 30.2 Å². The maximum Gasteiger partial charge on any atom is 0.196 e. The number of hydrogen-bond donors (Lipinski definition) is 0. The molecule has 2 aromatic heterocycles. The fourth-order valence-electron chi connectivity index (χ4n) is 2.48. The van der Waals surface area contributed by atoms with Gasteiger partial charge in [0, 0.05) is 24.7 Å². The van der Waals surface area contributed by atoms with Crippen molar-refractivity contribution >= 4 is 28.4 Å². The van der Waals surface area contributed by atoms with Crippen LogP contribution >= 0.6 is 11.3 Å². The van der Waals surface area contributed by atoms with Crippen LogP contribution in [0.5, 0.6) is 0 Å². The molecule has 0 N–H and O–H groups in total. The van der Waals surface area contributed by atoms with Crippen molar-refractivity contribution < 1.29 is 9.53 Å². The van der Waals surface area contributed by atoms with E-state index in [1.165, 1.54) is 11.3 Å². The minimum absolute atomic E-state index is 0.160. The summed E-state index contributed by atoms with van der Waals surface area (Å²) in [6.45, 7) is 5.63. The normalized spacial score (nSPS) is 24.7. The Morgan fingerprint density at radius 3 is 2.83 bits per heavy atom. The van der Waals surface area contributed by atoms with Crippen LogP contribution in [-0.2, 0) is 4.74 Å². The lowest BCUT2D eigenvalue weighted by Crippen LogP contribution is -2.46. The zero-order valence-electron chi connectivity index (χ0n) is 10.4. The highest BCUT2D eigenvalue weighted by molar-refractivity contribution is 7.15. The molecule has 1 aliphatic heterocycles. The Kier molecular flexibility index (Phi) is 2.83. The van der Waals surface area contributed by atoms with Crippen molar-refractivity contribution in [1.82, 2.24) is 9.38 Å². The van der Waals surface area contributed by atoms with Crippen molar-refractivity contribution in [2.75, 3.05) is 18.0 Å². The van der Waals surface area contributed by atoms with Crippen LogP contribution < -0.4 is 4.90 Å². The molecule has 2 atom stereocenters. The summed E-state index contributed by atoms with van der Waals surface area (Å²) in [6.07, 6.45) is 3.08. The molecule has 1 saturated heterocycles. The zero-order chi connectivity index (χ0) is 12.7. The van der Waals surface area contributed by atoms with Crippen molar-refractivity contribution in [3.63, 3.8) is 0 Å². The number of ether oxygens (including phenoxy) is 1. The van der Waals surface area contributed by atoms with Gasteiger partial charge in [0.05, 0.1) is 12.2 Å². The van der Waals surface area contributed by atoms with E-state index in [9.17, 15) is 4.79 Å². The molecule has 3 heterocycles. The first-order valence-electron chi connectivity index (χ1n) is 6.00. The van der Waals surface area contributed by atoms with Gasteiger partial charge in [-0.05, 0) is 13.8 Å². The fraction of sp³-hybridized carbons (Fsp3) is 0.500. The van der Waals surface area contributed by atoms with Crippen molar-refractivity contribution in [2.24, 2.45) is 0 Å². The van der Waals surface area contributed by atoms with Crippen LogP contribution in [0.4, 0.5) is 5.82 Å². The molecule has 96 valence electrons. The zero-order valence-corrected chi connectivity index (χ0v) is 11.2. The highest BCUT2D eigenvalue weighted by Gasteiger charge is 2.26. The molecule has 0 amide bonds. The van der Waals surface area contributed by atoms with Gasteiger partial charge in [-0.25, -0.2) is 4.98 Å². The van der Waals surface area contributed by atoms with E-state index in [1.54, 1.807) is 0 Å². The number of carbonyl (C=O) groups excluding carboxylic acids is 1. The van der Waals surface area contributed by atoms with Crippen LogP contribution in [0, 0.1) is 0 Å². The molecule has 5 nitrogen and oxygen atoms in total. The van der Waals surface area contributed by atoms with Crippen LogP contribution in [0.25, 0.3) is 4.96 Å². The van der Waals surface area contributed by atoms with Gasteiger partial charge in [0.1, 0.15) is 5.69 Å². The van der Waals surface area contributed by atoms with Crippen LogP contribution in [0.3, 0.4) is 0 Å². The summed E-state index contributed by atoms with van der Waals surface area (Å²) in [5.74, 6) is 0.777. The monoisotopic (exact) mass is 265 g/mol. The van der Waals surface area contributed by atoms with E-state index < -0.39 is 0 Å². The first kappa shape index (κ1) is 11.7. The van der Waals surface area contributed by atoms with Crippen molar-refractivity contribution in [1.29, 1.82) is 0 Å². The Hall–Kier alpha value is -1.40. The van der Waals surface area contributed by atoms with E-state index in [1.807, 2.05) is 29.8 Å². The summed E-state index contributed by atoms with van der Waals surface area (Å²) < 4.78 is 7.55. The average molecular weight is 265 g/mol. The molecule has 0 bridgehead atoms. The first-order valence-corrected chi connectivity index (χ1v) is 6.88. The molecule has 6 heteroatoms. The minimum atomic E-state index is 0.160. The Morgan fingerprint density at radius 2 is 2.17 bits per heavy atom. The number of nitrogens with zero attached hydrogens (tertiary/aromatic N) is 3. The number of anilines is 1. The number of hydrogen-bond acceptors (Lipinski definition) is 5. The minimum Gasteiger partial charge on any atom is -0.372 e. The topological polar surface area (TPSA) is 46.8 Å². The summed E-state index contributed by atoms with van der Waals surface area (Å²) in [6, 6.07) is 0. The number of aldehydes is 1. The summed E-state index contributed by atoms with van der Waals surface area (Å²) in [5, 5.41) is 1.93. The van der Waals surface area contributed by atoms with Gasteiger partial charge < -0.3 is 9.64 Å². The average Bonchev–Trinajstić information content (AvgIpc) is 2.86. The van der Waals surface area contributed by atoms with Crippen molar-refractivity contribution in [3.05, 3.63) is 17.3 Å². The lowest BCUT2D eigenvalue weighted by atomic mass is 10.2. The predicted molar refractivity (Wildman–Crippen MR) is 70.7 cm³/mol. The number of carbonyl (C=O) groups is 1. The number of rotatable bonds is 2. The number of aromatic nitrogens is 2. The second kappa shape index (κ2) is 4.37. The summed E-state index contributed by atoms with van der Waals surface area (Å²) in [5.41, 5.74) is 0.632. The summed E-state index contributed by atoms with van der Waals surface area (Å²) >= 11 is 1.54. The molecule has 3 rings (SSSR count). The van der Waals surface area contributed by atoms with Gasteiger partial charge in [0.25, 0.3) is 0 Å². The number of morpholine rings is 1. The van der Waals surface area contributed by atoms with E-state index in [2.05, 4.69) is 9.88 Å². The largest absolute Gasteiger partial charge is 0.372 e. The SMILES string of the molecule is CC1CN(c2nc3sccn3c2C=O)CC(C)O1. The smallest absolute Gasteiger partial charge is 0.196 e. The van der Waals surface area contributed by atoms with Gasteiger partial charge in [0.2, 0.25) is 0 Å². The van der Waals surface area contributed by atoms with E-state index in [4.69, 9.17) is 4.74 Å². The van der Waals surface area contributed by atoms with Gasteiger partial charge in [-0.1, -0.05) is 0 Å². The molecular weight excluding hydrogens is 250 g/mol.